The molecule has 5 rings (SSSR count). The molecule has 0 amide bonds. The summed E-state index contributed by atoms with van der Waals surface area (Å²) in [6.45, 7) is 0.396. The Balaban J connectivity index is 0.00000112. The predicted molar refractivity (Wildman–Crippen MR) is 141 cm³/mol. The molecule has 0 spiro atoms. The highest BCUT2D eigenvalue weighted by atomic mass is 19.1. The summed E-state index contributed by atoms with van der Waals surface area (Å²) < 4.78 is 59.9. The van der Waals surface area contributed by atoms with E-state index in [4.69, 9.17) is 33.2 Å². The molecule has 2 aliphatic rings. The topological polar surface area (TPSA) is 73.8 Å². The van der Waals surface area contributed by atoms with Gasteiger partial charge in [-0.2, -0.15) is 0 Å². The van der Waals surface area contributed by atoms with Crippen molar-refractivity contribution in [3.05, 3.63) is 95.6 Å². The summed E-state index contributed by atoms with van der Waals surface area (Å²) in [5.74, 6) is 1.47. The van der Waals surface area contributed by atoms with Crippen molar-refractivity contribution >= 4 is 0 Å². The van der Waals surface area contributed by atoms with Crippen LogP contribution in [0.5, 0.6) is 11.5 Å². The monoisotopic (exact) mass is 542 g/mol. The molecule has 0 aliphatic carbocycles. The van der Waals surface area contributed by atoms with E-state index in [0.717, 1.165) is 28.2 Å². The molecule has 39 heavy (non-hydrogen) atoms. The summed E-state index contributed by atoms with van der Waals surface area (Å²) in [5.41, 5.74) is 2.59. The fourth-order valence-electron chi connectivity index (χ4n) is 4.28. The van der Waals surface area contributed by atoms with E-state index in [1.165, 1.54) is 0 Å². The molecule has 2 fully saturated rings. The van der Waals surface area contributed by atoms with Crippen LogP contribution in [0, 0.1) is 0 Å². The van der Waals surface area contributed by atoms with E-state index in [-0.39, 0.29) is 13.2 Å². The molecule has 0 N–H and O–H groups in total. The largest absolute Gasteiger partial charge is 0.497 e. The minimum atomic E-state index is -1.76. The van der Waals surface area contributed by atoms with E-state index in [9.17, 15) is 0 Å². The minimum absolute atomic E-state index is 0.168. The van der Waals surface area contributed by atoms with Crippen molar-refractivity contribution in [2.24, 2.45) is 0 Å². The molecule has 0 aromatic heterocycles. The van der Waals surface area contributed by atoms with Gasteiger partial charge in [0.15, 0.2) is 12.6 Å². The lowest BCUT2D eigenvalue weighted by Gasteiger charge is -2.39. The fraction of sp³-hybridized carbons (Fsp3) is 0.400. The van der Waals surface area contributed by atoms with Gasteiger partial charge in [0.05, 0.1) is 27.4 Å². The lowest BCUT2D eigenvalue weighted by atomic mass is 10.0. The van der Waals surface area contributed by atoms with Crippen LogP contribution in [0.2, 0.25) is 0 Å². The standard InChI is InChI=1S/C28H29FO7.C2H6O/c1-30-21-12-8-18(9-13-21)16-32-23-24(33-17-19-10-14-22(31-2)15-11-19)26(29)35-28-25(23)34-27(36-28)20-6-4-3-5-7-20;1-3-2/h3-15,23-28H,16-17H2,1-2H3;1-2H3/t23?,24?,25-,26-,27?,28?;/m1./s1. The molecular formula is C30H35FO8. The van der Waals surface area contributed by atoms with Crippen molar-refractivity contribution in [3.8, 4) is 11.5 Å². The summed E-state index contributed by atoms with van der Waals surface area (Å²) in [6.07, 6.45) is -5.85. The Kier molecular flexibility index (Phi) is 10.7. The third-order valence-corrected chi connectivity index (χ3v) is 6.25. The third kappa shape index (κ3) is 7.54. The number of benzene rings is 3. The van der Waals surface area contributed by atoms with Crippen molar-refractivity contribution in [2.75, 3.05) is 28.4 Å². The van der Waals surface area contributed by atoms with Gasteiger partial charge in [-0.1, -0.05) is 54.6 Å². The van der Waals surface area contributed by atoms with E-state index in [1.54, 1.807) is 28.4 Å². The molecule has 0 bridgehead atoms. The van der Waals surface area contributed by atoms with Gasteiger partial charge in [0.1, 0.15) is 29.8 Å². The second kappa shape index (κ2) is 14.4. The highest BCUT2D eigenvalue weighted by Gasteiger charge is 2.54. The number of hydrogen-bond acceptors (Lipinski definition) is 8. The van der Waals surface area contributed by atoms with Crippen LogP contribution in [0.4, 0.5) is 4.39 Å². The van der Waals surface area contributed by atoms with Gasteiger partial charge >= 0.3 is 0 Å². The van der Waals surface area contributed by atoms with Crippen molar-refractivity contribution in [3.63, 3.8) is 0 Å². The number of alkyl halides is 1. The maximum atomic E-state index is 15.3. The molecule has 210 valence electrons. The highest BCUT2D eigenvalue weighted by molar-refractivity contribution is 5.27. The van der Waals surface area contributed by atoms with Crippen LogP contribution in [-0.2, 0) is 41.6 Å². The van der Waals surface area contributed by atoms with E-state index in [1.807, 2.05) is 78.9 Å². The van der Waals surface area contributed by atoms with Crippen LogP contribution in [-0.4, -0.2) is 59.4 Å². The third-order valence-electron chi connectivity index (χ3n) is 6.25. The summed E-state index contributed by atoms with van der Waals surface area (Å²) in [7, 11) is 6.46. The first-order chi connectivity index (χ1) is 19.1. The zero-order valence-electron chi connectivity index (χ0n) is 22.5. The van der Waals surface area contributed by atoms with Gasteiger partial charge in [0.2, 0.25) is 6.36 Å². The first-order valence-corrected chi connectivity index (χ1v) is 12.6. The number of halogens is 1. The number of ether oxygens (including phenoxy) is 8. The normalized spacial score (nSPS) is 25.8. The lowest BCUT2D eigenvalue weighted by molar-refractivity contribution is -0.300. The Morgan fingerprint density at radius 1 is 0.641 bits per heavy atom. The van der Waals surface area contributed by atoms with Crippen LogP contribution in [0.1, 0.15) is 23.0 Å². The van der Waals surface area contributed by atoms with Crippen molar-refractivity contribution in [2.45, 2.75) is 50.5 Å². The molecule has 6 atom stereocenters. The fourth-order valence-corrected chi connectivity index (χ4v) is 4.28. The van der Waals surface area contributed by atoms with Crippen LogP contribution >= 0.6 is 0 Å². The van der Waals surface area contributed by atoms with Gasteiger partial charge in [-0.15, -0.1) is 0 Å². The van der Waals surface area contributed by atoms with E-state index in [0.29, 0.717) is 0 Å². The molecule has 2 aliphatic heterocycles. The molecule has 2 saturated heterocycles. The van der Waals surface area contributed by atoms with E-state index < -0.39 is 37.2 Å². The highest BCUT2D eigenvalue weighted by Crippen LogP contribution is 2.40. The van der Waals surface area contributed by atoms with Crippen molar-refractivity contribution in [1.29, 1.82) is 0 Å². The number of fused-ring (bicyclic) bond motifs is 1. The molecule has 4 unspecified atom stereocenters. The smallest absolute Gasteiger partial charge is 0.230 e. The summed E-state index contributed by atoms with van der Waals surface area (Å²) in [6, 6.07) is 24.3. The summed E-state index contributed by atoms with van der Waals surface area (Å²) in [5, 5.41) is 0. The SMILES string of the molecule is COC.COc1ccc(COC2C(OCc3ccc(OC)cc3)[C@H](F)OC3OC(c4ccccc4)O[C@@H]32)cc1. The zero-order valence-corrected chi connectivity index (χ0v) is 22.5. The number of methoxy groups -OCH3 is 3. The molecule has 2 heterocycles. The van der Waals surface area contributed by atoms with Crippen molar-refractivity contribution < 1.29 is 42.3 Å². The van der Waals surface area contributed by atoms with E-state index in [2.05, 4.69) is 4.74 Å². The Labute approximate surface area is 228 Å². The van der Waals surface area contributed by atoms with Gasteiger partial charge < -0.3 is 37.9 Å². The van der Waals surface area contributed by atoms with Gasteiger partial charge in [-0.25, -0.2) is 4.39 Å². The first-order valence-electron chi connectivity index (χ1n) is 12.6. The molecule has 0 saturated carbocycles. The predicted octanol–water partition coefficient (Wildman–Crippen LogP) is 5.20. The molecule has 0 radical (unpaired) electrons. The van der Waals surface area contributed by atoms with Crippen LogP contribution in [0.3, 0.4) is 0 Å². The van der Waals surface area contributed by atoms with Gasteiger partial charge in [0, 0.05) is 19.8 Å². The number of hydrogen-bond donors (Lipinski definition) is 0. The second-order valence-electron chi connectivity index (χ2n) is 8.99. The molecule has 8 nitrogen and oxygen atoms in total. The maximum Gasteiger partial charge on any atom is 0.230 e. The average Bonchev–Trinajstić information content (AvgIpc) is 3.40. The summed E-state index contributed by atoms with van der Waals surface area (Å²) >= 11 is 0. The molecule has 9 heteroatoms. The first kappa shape index (κ1) is 28.9. The molecule has 3 aromatic carbocycles. The van der Waals surface area contributed by atoms with Crippen LogP contribution in [0.15, 0.2) is 78.9 Å². The Morgan fingerprint density at radius 2 is 1.15 bits per heavy atom. The molecular weight excluding hydrogens is 507 g/mol. The van der Waals surface area contributed by atoms with Crippen LogP contribution < -0.4 is 9.47 Å². The maximum absolute atomic E-state index is 15.3. The van der Waals surface area contributed by atoms with Gasteiger partial charge in [-0.3, -0.25) is 0 Å². The average molecular weight is 543 g/mol. The molecule has 3 aromatic rings. The van der Waals surface area contributed by atoms with E-state index >= 15 is 4.39 Å². The lowest BCUT2D eigenvalue weighted by Crippen LogP contribution is -2.57. The summed E-state index contributed by atoms with van der Waals surface area (Å²) in [4.78, 5) is 0. The second-order valence-corrected chi connectivity index (χ2v) is 8.99. The van der Waals surface area contributed by atoms with Crippen LogP contribution in [0.25, 0.3) is 0 Å². The quantitative estimate of drug-likeness (QED) is 0.365. The Hall–Kier alpha value is -3.05. The Bertz CT molecular complexity index is 1110. The minimum Gasteiger partial charge on any atom is -0.497 e. The Morgan fingerprint density at radius 3 is 1.67 bits per heavy atom. The zero-order chi connectivity index (χ0) is 27.6. The number of rotatable bonds is 9. The van der Waals surface area contributed by atoms with Gasteiger partial charge in [0.25, 0.3) is 0 Å². The van der Waals surface area contributed by atoms with Crippen molar-refractivity contribution in [1.82, 2.24) is 0 Å². The van der Waals surface area contributed by atoms with Gasteiger partial charge in [-0.05, 0) is 35.4 Å².